The van der Waals surface area contributed by atoms with Crippen molar-refractivity contribution in [3.05, 3.63) is 0 Å². The van der Waals surface area contributed by atoms with Crippen molar-refractivity contribution >= 4 is 127 Å². The average Bonchev–Trinajstić information content (AvgIpc) is 0.860. The van der Waals surface area contributed by atoms with Crippen LogP contribution in [0.3, 0.4) is 0 Å². The Kier molecular flexibility index (Phi) is 57.3. The molecule has 0 spiro atoms. The lowest BCUT2D eigenvalue weighted by Gasteiger charge is -2.31. The number of nitrogens with two attached hydrogens (primary N) is 1. The van der Waals surface area contributed by atoms with Crippen LogP contribution in [0.25, 0.3) is 0 Å². The number of rotatable bonds is 35. The highest BCUT2D eigenvalue weighted by atomic mass is 32.7. The zero-order chi connectivity index (χ0) is 94.9. The van der Waals surface area contributed by atoms with Gasteiger partial charge in [-0.05, 0) is 401 Å². The van der Waals surface area contributed by atoms with Crippen molar-refractivity contribution in [3.8, 4) is 0 Å². The summed E-state index contributed by atoms with van der Waals surface area (Å²) in [4.78, 5) is 41.4. The number of carbonyl (C=O) groups excluding carboxylic acids is 3. The highest BCUT2D eigenvalue weighted by Gasteiger charge is 2.43. The molecule has 0 aromatic rings. The predicted octanol–water partition coefficient (Wildman–Crippen LogP) is 25.7. The molecule has 0 radical (unpaired) electrons. The van der Waals surface area contributed by atoms with Crippen molar-refractivity contribution in [2.75, 3.05) is 103 Å². The van der Waals surface area contributed by atoms with E-state index in [1.807, 2.05) is 246 Å². The predicted molar refractivity (Wildman–Crippen MR) is 504 cm³/mol. The van der Waals surface area contributed by atoms with Gasteiger partial charge in [0.25, 0.3) is 0 Å². The first kappa shape index (κ1) is 128. The molecule has 2 N–H and O–H groups in total. The van der Waals surface area contributed by atoms with Crippen molar-refractivity contribution < 1.29 is 110 Å². The first-order valence-corrected chi connectivity index (χ1v) is 58.8. The molecule has 1 aliphatic heterocycles. The van der Waals surface area contributed by atoms with Crippen LogP contribution in [0.15, 0.2) is 0 Å². The minimum Gasteiger partial charge on any atom is -0.465 e. The minimum atomic E-state index is -3.47. The molecule has 1 fully saturated rings. The van der Waals surface area contributed by atoms with Gasteiger partial charge in [0.2, 0.25) is 0 Å². The number of hydrogen-bond donors (Lipinski definition) is 1. The minimum absolute atomic E-state index is 0.150. The lowest BCUT2D eigenvalue weighted by atomic mass is 9.97. The summed E-state index contributed by atoms with van der Waals surface area (Å²) in [6.07, 6.45) is 5.84. The molecule has 0 aliphatic carbocycles. The van der Waals surface area contributed by atoms with Gasteiger partial charge in [-0.1, -0.05) is 6.42 Å². The van der Waals surface area contributed by atoms with E-state index in [0.717, 1.165) is 77.5 Å². The quantitative estimate of drug-likeness (QED) is 0.0202. The van der Waals surface area contributed by atoms with Gasteiger partial charge < -0.3 is 29.7 Å². The third kappa shape index (κ3) is 84.1. The van der Waals surface area contributed by atoms with E-state index in [4.69, 9.17) is 74.2 Å². The number of piperidine rings is 1. The van der Waals surface area contributed by atoms with Gasteiger partial charge in [-0.25, -0.2) is 27.4 Å². The van der Waals surface area contributed by atoms with Gasteiger partial charge in [0.05, 0.1) is 84.9 Å². The Morgan fingerprint density at radius 1 is 0.331 bits per heavy atom. The number of esters is 3. The maximum Gasteiger partial charge on any atom is 0.393 e. The van der Waals surface area contributed by atoms with E-state index in [2.05, 4.69) is 4.90 Å². The molecule has 1 heterocycles. The Bertz CT molecular complexity index is 3050. The number of ether oxygens (including phenoxy) is 3. The highest BCUT2D eigenvalue weighted by molar-refractivity contribution is 8.56. The molecule has 1 saturated heterocycles. The van der Waals surface area contributed by atoms with Crippen molar-refractivity contribution in [2.24, 2.45) is 11.1 Å². The monoisotopic (exact) mass is 1920 g/mol. The molecular formula is C78H170N4O24P6S6. The Hall–Kier alpha value is 1.25. The Labute approximate surface area is 743 Å². The maximum absolute atomic E-state index is 13.0. The standard InChI is InChI=1S/C18H36NO5PS.C15H31O5PS.C13H28NO5PS.C12H28NO3PS.C11H26NO3PS.C9H21O3PS/c1-17(2,3)23-25(21,24-18(4,5)6)26-15-14-22-16(20)10-13-19-11-8-7-9-12-19;1-13(2,3)12(16)18-10-11-22-21(17,19-14(4,5)6)20-15(7,8)9;1-11(2,3)18-20(16,19-12(4,5)6)21-9-17-10(15)13(7,8)14;1-11(2,3)15-17(14,16-12(4,5)6)18-10-9-13(7)8;1-10(2,3)14-16(13,15-11(4,5)6)17-9-12(7)8;1-8(2,3)11-13(10,14-7)12-9(4,5)6/h7-15H2,1-6H3;10-11H2,1-9H3;9,14H2,1-8H3;9-10H2,1-8H3;9H2,1-8H3;1-7H3. The molecule has 0 amide bonds. The molecule has 1 aliphatic rings. The van der Waals surface area contributed by atoms with Gasteiger partial charge in [-0.2, -0.15) is 0 Å². The van der Waals surface area contributed by atoms with Crippen molar-refractivity contribution in [1.82, 2.24) is 14.7 Å². The smallest absolute Gasteiger partial charge is 0.393 e. The Balaban J connectivity index is -0.000000437. The summed E-state index contributed by atoms with van der Waals surface area (Å²) in [5.74, 6) is 0.830. The largest absolute Gasteiger partial charge is 0.465 e. The van der Waals surface area contributed by atoms with Crippen molar-refractivity contribution in [3.63, 3.8) is 0 Å². The van der Waals surface area contributed by atoms with E-state index in [9.17, 15) is 41.8 Å². The number of nitrogens with zero attached hydrogens (tertiary/aromatic N) is 3. The maximum atomic E-state index is 13.0. The van der Waals surface area contributed by atoms with Crippen molar-refractivity contribution in [2.45, 2.75) is 382 Å². The van der Waals surface area contributed by atoms with Gasteiger partial charge in [-0.15, -0.1) is 0 Å². The second kappa shape index (κ2) is 52.9. The lowest BCUT2D eigenvalue weighted by molar-refractivity contribution is -0.152. The van der Waals surface area contributed by atoms with Gasteiger partial charge in [0.1, 0.15) is 24.7 Å². The molecule has 1 rings (SSSR count). The van der Waals surface area contributed by atoms with Crippen LogP contribution in [-0.4, -0.2) is 208 Å². The average molecular weight is 1930 g/mol. The van der Waals surface area contributed by atoms with E-state index in [0.29, 0.717) is 23.8 Å². The van der Waals surface area contributed by atoms with Crippen LogP contribution in [0.5, 0.6) is 0 Å². The van der Waals surface area contributed by atoms with E-state index in [1.165, 1.54) is 55.9 Å². The van der Waals surface area contributed by atoms with Crippen molar-refractivity contribution in [1.29, 1.82) is 0 Å². The van der Waals surface area contributed by atoms with Crippen LogP contribution in [0, 0.1) is 5.41 Å². The number of carbonyl (C=O) groups is 3. The van der Waals surface area contributed by atoms with Crippen LogP contribution in [0.4, 0.5) is 0 Å². The fourth-order valence-electron chi connectivity index (χ4n) is 7.64. The lowest BCUT2D eigenvalue weighted by Crippen LogP contribution is -2.42. The molecule has 0 atom stereocenters. The van der Waals surface area contributed by atoms with E-state index in [1.54, 1.807) is 68.6 Å². The summed E-state index contributed by atoms with van der Waals surface area (Å²) in [7, 11) is 7.82. The third-order valence-corrected chi connectivity index (χ3v) is 35.2. The Morgan fingerprint density at radius 2 is 0.585 bits per heavy atom. The van der Waals surface area contributed by atoms with E-state index in [-0.39, 0.29) is 31.1 Å². The molecular weight excluding hydrogens is 1760 g/mol. The molecule has 0 unspecified atom stereocenters. The zero-order valence-corrected chi connectivity index (χ0v) is 92.2. The van der Waals surface area contributed by atoms with Gasteiger partial charge in [0.15, 0.2) is 0 Å². The van der Waals surface area contributed by atoms with Gasteiger partial charge >= 0.3 is 58.7 Å². The van der Waals surface area contributed by atoms with Crippen LogP contribution in [0.1, 0.15) is 310 Å². The fourth-order valence-corrected chi connectivity index (χ4v) is 33.1. The summed E-state index contributed by atoms with van der Waals surface area (Å²) < 4.78 is 159. The normalized spacial score (nSPS) is 14.9. The summed E-state index contributed by atoms with van der Waals surface area (Å²) >= 11 is 6.62. The van der Waals surface area contributed by atoms with E-state index >= 15 is 0 Å². The first-order valence-electron chi connectivity index (χ1n) is 39.8. The van der Waals surface area contributed by atoms with Gasteiger partial charge in [0, 0.05) is 41.7 Å². The molecule has 0 bridgehead atoms. The molecule has 0 aromatic carbocycles. The summed E-state index contributed by atoms with van der Waals surface area (Å²) in [6, 6.07) is 0. The Morgan fingerprint density at radius 3 is 0.831 bits per heavy atom. The fraction of sp³-hybridized carbons (Fsp3) is 0.962. The van der Waals surface area contributed by atoms with Gasteiger partial charge in [-0.3, -0.25) is 73.6 Å². The SMILES string of the molecule is CC(C)(C)OP(=O)(OC(C)(C)C)SCCOC(=O)C(C)(C)C.CC(C)(C)OP(=O)(OC(C)(C)C)SCCOC(=O)CCN1CCCCC1.CC(C)(C)OP(=O)(OC(C)(C)C)SCOC(=O)C(C)(C)N.CN(C)CCSP(=O)(OC(C)(C)C)OC(C)(C)C.CN(C)CSP(=O)(OC(C)(C)C)OC(C)(C)C.CSP(=O)(OC(C)(C)C)OC(C)(C)C. The molecule has 0 saturated carbocycles. The summed E-state index contributed by atoms with van der Waals surface area (Å²) in [5.41, 5.74) is -2.50. The highest BCUT2D eigenvalue weighted by Crippen LogP contribution is 2.69. The topological polar surface area (TPSA) is 328 Å². The van der Waals surface area contributed by atoms with Crippen LogP contribution in [-0.2, 0) is 110 Å². The second-order valence-electron chi connectivity index (χ2n) is 41.6. The number of hydrogen-bond acceptors (Lipinski definition) is 34. The summed E-state index contributed by atoms with van der Waals surface area (Å²) in [5, 5.41) is 0. The molecule has 40 heteroatoms. The van der Waals surface area contributed by atoms with Crippen LogP contribution >= 0.6 is 109 Å². The molecule has 118 heavy (non-hydrogen) atoms. The molecule has 712 valence electrons. The summed E-state index contributed by atoms with van der Waals surface area (Å²) in [6.45, 7) is 59.5. The molecule has 28 nitrogen and oxygen atoms in total. The van der Waals surface area contributed by atoms with E-state index < -0.39 is 125 Å². The second-order valence-corrected chi connectivity index (χ2v) is 65.6. The third-order valence-electron chi connectivity index (χ3n) is 10.9. The van der Waals surface area contributed by atoms with Crippen LogP contribution < -0.4 is 5.73 Å². The zero-order valence-electron chi connectivity index (χ0n) is 82.0. The number of likely N-dealkylation sites (tertiary alicyclic amines) is 1. The van der Waals surface area contributed by atoms with Crippen LogP contribution in [0.2, 0.25) is 0 Å². The molecule has 0 aromatic heterocycles. The first-order chi connectivity index (χ1) is 51.6.